The van der Waals surface area contributed by atoms with E-state index in [4.69, 9.17) is 14.2 Å². The standard InChI is InChI=1S/C17H24O5/c1-4-12-15(18)16(19)13(22-12)10-9-11-7-6-8-14(21-5-2)17(11)20-3/h6-10,12-13,15-16,18-19H,4-5H2,1-3H3/b10-9+/t12-,13+,15-,16+/m0/s1. The highest BCUT2D eigenvalue weighted by Crippen LogP contribution is 2.33. The third kappa shape index (κ3) is 3.43. The highest BCUT2D eigenvalue weighted by atomic mass is 16.5. The maximum Gasteiger partial charge on any atom is 0.167 e. The van der Waals surface area contributed by atoms with Crippen LogP contribution in [0.3, 0.4) is 0 Å². The van der Waals surface area contributed by atoms with E-state index in [-0.39, 0.29) is 6.10 Å². The molecule has 0 bridgehead atoms. The van der Waals surface area contributed by atoms with E-state index in [2.05, 4.69) is 0 Å². The molecule has 4 atom stereocenters. The zero-order valence-corrected chi connectivity index (χ0v) is 13.2. The van der Waals surface area contributed by atoms with Crippen LogP contribution in [-0.4, -0.2) is 48.3 Å². The molecule has 1 fully saturated rings. The van der Waals surface area contributed by atoms with Crippen LogP contribution in [0.5, 0.6) is 11.5 Å². The summed E-state index contributed by atoms with van der Waals surface area (Å²) in [5, 5.41) is 19.9. The van der Waals surface area contributed by atoms with Gasteiger partial charge in [-0.3, -0.25) is 0 Å². The molecule has 1 aliphatic heterocycles. The summed E-state index contributed by atoms with van der Waals surface area (Å²) in [7, 11) is 1.59. The minimum atomic E-state index is -0.915. The maximum absolute atomic E-state index is 10.0. The minimum Gasteiger partial charge on any atom is -0.492 e. The molecule has 0 radical (unpaired) electrons. The lowest BCUT2D eigenvalue weighted by Gasteiger charge is -2.13. The number of para-hydroxylation sites is 1. The molecule has 0 unspecified atom stereocenters. The van der Waals surface area contributed by atoms with E-state index in [0.29, 0.717) is 24.5 Å². The van der Waals surface area contributed by atoms with Crippen LogP contribution in [0.1, 0.15) is 25.8 Å². The van der Waals surface area contributed by atoms with Crippen molar-refractivity contribution in [1.29, 1.82) is 0 Å². The van der Waals surface area contributed by atoms with E-state index in [1.165, 1.54) is 0 Å². The smallest absolute Gasteiger partial charge is 0.167 e. The molecule has 5 heteroatoms. The van der Waals surface area contributed by atoms with Crippen molar-refractivity contribution in [2.45, 2.75) is 44.7 Å². The topological polar surface area (TPSA) is 68.2 Å². The first-order valence-electron chi connectivity index (χ1n) is 7.61. The van der Waals surface area contributed by atoms with Gasteiger partial charge in [-0.1, -0.05) is 31.2 Å². The lowest BCUT2D eigenvalue weighted by molar-refractivity contribution is 0.0195. The van der Waals surface area contributed by atoms with Gasteiger partial charge in [0, 0.05) is 5.56 Å². The van der Waals surface area contributed by atoms with Gasteiger partial charge in [0.25, 0.3) is 0 Å². The number of aliphatic hydroxyl groups is 2. The molecule has 1 saturated heterocycles. The summed E-state index contributed by atoms with van der Waals surface area (Å²) >= 11 is 0. The molecule has 0 spiro atoms. The third-order valence-corrected chi connectivity index (χ3v) is 3.78. The van der Waals surface area contributed by atoms with Gasteiger partial charge in [-0.2, -0.15) is 0 Å². The second-order valence-corrected chi connectivity index (χ2v) is 5.20. The Balaban J connectivity index is 2.18. The number of benzene rings is 1. The highest BCUT2D eigenvalue weighted by molar-refractivity contribution is 5.62. The zero-order chi connectivity index (χ0) is 16.1. The highest BCUT2D eigenvalue weighted by Gasteiger charge is 2.40. The van der Waals surface area contributed by atoms with Crippen molar-refractivity contribution >= 4 is 6.08 Å². The molecule has 0 amide bonds. The molecular formula is C17H24O5. The first-order valence-corrected chi connectivity index (χ1v) is 7.61. The van der Waals surface area contributed by atoms with Gasteiger partial charge in [-0.05, 0) is 19.4 Å². The van der Waals surface area contributed by atoms with Gasteiger partial charge < -0.3 is 24.4 Å². The summed E-state index contributed by atoms with van der Waals surface area (Å²) in [4.78, 5) is 0. The Morgan fingerprint density at radius 2 is 2.00 bits per heavy atom. The van der Waals surface area contributed by atoms with Gasteiger partial charge in [0.2, 0.25) is 0 Å². The van der Waals surface area contributed by atoms with Crippen LogP contribution in [0.25, 0.3) is 6.08 Å². The maximum atomic E-state index is 10.0. The van der Waals surface area contributed by atoms with Crippen molar-refractivity contribution < 1.29 is 24.4 Å². The molecule has 122 valence electrons. The van der Waals surface area contributed by atoms with E-state index >= 15 is 0 Å². The predicted molar refractivity (Wildman–Crippen MR) is 84.2 cm³/mol. The summed E-state index contributed by atoms with van der Waals surface area (Å²) in [6.07, 6.45) is 1.60. The molecular weight excluding hydrogens is 284 g/mol. The van der Waals surface area contributed by atoms with Crippen LogP contribution < -0.4 is 9.47 Å². The van der Waals surface area contributed by atoms with E-state index in [1.54, 1.807) is 13.2 Å². The van der Waals surface area contributed by atoms with Gasteiger partial charge in [0.15, 0.2) is 11.5 Å². The minimum absolute atomic E-state index is 0.332. The van der Waals surface area contributed by atoms with Gasteiger partial charge in [0.1, 0.15) is 18.3 Å². The largest absolute Gasteiger partial charge is 0.492 e. The normalized spacial score (nSPS) is 28.2. The molecule has 1 heterocycles. The average molecular weight is 308 g/mol. The summed E-state index contributed by atoms with van der Waals surface area (Å²) in [5.74, 6) is 1.31. The molecule has 1 aliphatic rings. The van der Waals surface area contributed by atoms with Gasteiger partial charge in [0.05, 0.1) is 19.8 Å². The summed E-state index contributed by atoms with van der Waals surface area (Å²) < 4.78 is 16.6. The summed E-state index contributed by atoms with van der Waals surface area (Å²) in [5.41, 5.74) is 0.832. The molecule has 0 aromatic heterocycles. The van der Waals surface area contributed by atoms with Gasteiger partial charge >= 0.3 is 0 Å². The van der Waals surface area contributed by atoms with Crippen LogP contribution in [0.2, 0.25) is 0 Å². The second-order valence-electron chi connectivity index (χ2n) is 5.20. The monoisotopic (exact) mass is 308 g/mol. The molecule has 0 saturated carbocycles. The Kier molecular flexibility index (Phi) is 5.83. The van der Waals surface area contributed by atoms with Crippen molar-refractivity contribution in [3.8, 4) is 11.5 Å². The fraction of sp³-hybridized carbons (Fsp3) is 0.529. The van der Waals surface area contributed by atoms with Crippen molar-refractivity contribution in [3.05, 3.63) is 29.8 Å². The van der Waals surface area contributed by atoms with Gasteiger partial charge in [-0.15, -0.1) is 0 Å². The van der Waals surface area contributed by atoms with Gasteiger partial charge in [-0.25, -0.2) is 0 Å². The fourth-order valence-electron chi connectivity index (χ4n) is 2.62. The third-order valence-electron chi connectivity index (χ3n) is 3.78. The number of aliphatic hydroxyl groups excluding tert-OH is 2. The number of methoxy groups -OCH3 is 1. The van der Waals surface area contributed by atoms with Crippen LogP contribution >= 0.6 is 0 Å². The molecule has 1 aromatic carbocycles. The van der Waals surface area contributed by atoms with Crippen molar-refractivity contribution in [3.63, 3.8) is 0 Å². The van der Waals surface area contributed by atoms with Crippen molar-refractivity contribution in [2.24, 2.45) is 0 Å². The van der Waals surface area contributed by atoms with Crippen LogP contribution in [-0.2, 0) is 4.74 Å². The zero-order valence-electron chi connectivity index (χ0n) is 13.2. The van der Waals surface area contributed by atoms with E-state index in [0.717, 1.165) is 5.56 Å². The molecule has 5 nitrogen and oxygen atoms in total. The van der Waals surface area contributed by atoms with Crippen LogP contribution in [0.4, 0.5) is 0 Å². The SMILES string of the molecule is CCOc1cccc(/C=C/[C@H]2O[C@@H](CC)[C@H](O)[C@@H]2O)c1OC. The van der Waals surface area contributed by atoms with Crippen molar-refractivity contribution in [2.75, 3.05) is 13.7 Å². The summed E-state index contributed by atoms with van der Waals surface area (Å²) in [6, 6.07) is 5.62. The van der Waals surface area contributed by atoms with Crippen molar-refractivity contribution in [1.82, 2.24) is 0 Å². The lowest BCUT2D eigenvalue weighted by atomic mass is 10.1. The Labute approximate surface area is 131 Å². The Morgan fingerprint density at radius 1 is 1.23 bits per heavy atom. The first kappa shape index (κ1) is 16.8. The Hall–Kier alpha value is -1.56. The number of hydrogen-bond donors (Lipinski definition) is 2. The fourth-order valence-corrected chi connectivity index (χ4v) is 2.62. The van der Waals surface area contributed by atoms with E-state index in [1.807, 2.05) is 38.1 Å². The number of rotatable bonds is 6. The molecule has 22 heavy (non-hydrogen) atoms. The predicted octanol–water partition coefficient (Wildman–Crippen LogP) is 2.01. The molecule has 2 N–H and O–H groups in total. The number of hydrogen-bond acceptors (Lipinski definition) is 5. The molecule has 2 rings (SSSR count). The second kappa shape index (κ2) is 7.63. The lowest BCUT2D eigenvalue weighted by Crippen LogP contribution is -2.31. The van der Waals surface area contributed by atoms with Crippen LogP contribution in [0.15, 0.2) is 24.3 Å². The number of ether oxygens (including phenoxy) is 3. The molecule has 0 aliphatic carbocycles. The van der Waals surface area contributed by atoms with E-state index in [9.17, 15) is 10.2 Å². The quantitative estimate of drug-likeness (QED) is 0.841. The first-order chi connectivity index (χ1) is 10.6. The Morgan fingerprint density at radius 3 is 2.59 bits per heavy atom. The Bertz CT molecular complexity index is 514. The average Bonchev–Trinajstić information content (AvgIpc) is 2.81. The summed E-state index contributed by atoms with van der Waals surface area (Å²) in [6.45, 7) is 4.39. The van der Waals surface area contributed by atoms with Crippen LogP contribution in [0, 0.1) is 0 Å². The molecule has 1 aromatic rings. The van der Waals surface area contributed by atoms with E-state index < -0.39 is 18.3 Å².